The number of carbonyl (C=O) groups excluding carboxylic acids is 3. The maximum Gasteiger partial charge on any atom is 0.336 e. The Hall–Kier alpha value is -2.71. The quantitative estimate of drug-likeness (QED) is 0.627. The molecule has 1 N–H and O–H groups in total. The van der Waals surface area contributed by atoms with E-state index in [1.165, 1.54) is 4.90 Å². The van der Waals surface area contributed by atoms with E-state index in [0.29, 0.717) is 31.0 Å². The van der Waals surface area contributed by atoms with Crippen LogP contribution in [0.3, 0.4) is 0 Å². The van der Waals surface area contributed by atoms with E-state index in [9.17, 15) is 14.4 Å². The molecule has 2 amide bonds. The van der Waals surface area contributed by atoms with Crippen molar-refractivity contribution in [2.75, 3.05) is 52.5 Å². The standard InChI is InChI=1S/C23H31N3O5/c1-3-31-23(29)22-17(2)26(21(28)15-19(22)18-7-5-4-6-8-18)16-20(27)24-9-10-25-11-13-30-14-12-25/h4-8,19H,3,9-16H2,1-2H3,(H,24,27). The van der Waals surface area contributed by atoms with E-state index in [1.807, 2.05) is 30.3 Å². The van der Waals surface area contributed by atoms with Crippen LogP contribution in [0.5, 0.6) is 0 Å². The zero-order chi connectivity index (χ0) is 22.2. The Morgan fingerprint density at radius 1 is 1.19 bits per heavy atom. The van der Waals surface area contributed by atoms with Gasteiger partial charge in [0.1, 0.15) is 6.54 Å². The molecule has 8 heteroatoms. The fourth-order valence-corrected chi connectivity index (χ4v) is 4.02. The van der Waals surface area contributed by atoms with Gasteiger partial charge in [-0.3, -0.25) is 14.5 Å². The number of allylic oxidation sites excluding steroid dienone is 1. The average Bonchev–Trinajstić information content (AvgIpc) is 2.77. The topological polar surface area (TPSA) is 88.2 Å². The van der Waals surface area contributed by atoms with Crippen molar-refractivity contribution in [1.29, 1.82) is 0 Å². The predicted molar refractivity (Wildman–Crippen MR) is 115 cm³/mol. The highest BCUT2D eigenvalue weighted by Crippen LogP contribution is 2.36. The Bertz CT molecular complexity index is 818. The minimum atomic E-state index is -0.445. The van der Waals surface area contributed by atoms with Crippen LogP contribution in [0.4, 0.5) is 0 Å². The van der Waals surface area contributed by atoms with Crippen molar-refractivity contribution >= 4 is 17.8 Å². The number of morpholine rings is 1. The molecular formula is C23H31N3O5. The average molecular weight is 430 g/mol. The van der Waals surface area contributed by atoms with Crippen molar-refractivity contribution in [2.45, 2.75) is 26.2 Å². The van der Waals surface area contributed by atoms with Crippen LogP contribution in [0.15, 0.2) is 41.6 Å². The first-order valence-electron chi connectivity index (χ1n) is 10.8. The van der Waals surface area contributed by atoms with Crippen molar-refractivity contribution in [2.24, 2.45) is 0 Å². The highest BCUT2D eigenvalue weighted by Gasteiger charge is 2.37. The second-order valence-corrected chi connectivity index (χ2v) is 7.67. The van der Waals surface area contributed by atoms with Gasteiger partial charge in [-0.2, -0.15) is 0 Å². The van der Waals surface area contributed by atoms with Crippen molar-refractivity contribution in [3.63, 3.8) is 0 Å². The van der Waals surface area contributed by atoms with Gasteiger partial charge in [-0.1, -0.05) is 30.3 Å². The summed E-state index contributed by atoms with van der Waals surface area (Å²) in [7, 11) is 0. The summed E-state index contributed by atoms with van der Waals surface area (Å²) >= 11 is 0. The van der Waals surface area contributed by atoms with Crippen LogP contribution in [0.25, 0.3) is 0 Å². The molecule has 1 fully saturated rings. The van der Waals surface area contributed by atoms with E-state index in [-0.39, 0.29) is 37.3 Å². The first-order chi connectivity index (χ1) is 15.0. The van der Waals surface area contributed by atoms with Gasteiger partial charge in [0.25, 0.3) is 0 Å². The molecular weight excluding hydrogens is 398 g/mol. The molecule has 2 aliphatic rings. The summed E-state index contributed by atoms with van der Waals surface area (Å²) in [5.41, 5.74) is 1.80. The molecule has 31 heavy (non-hydrogen) atoms. The summed E-state index contributed by atoms with van der Waals surface area (Å²) in [4.78, 5) is 41.8. The van der Waals surface area contributed by atoms with Gasteiger partial charge in [0, 0.05) is 44.2 Å². The molecule has 1 aromatic carbocycles. The van der Waals surface area contributed by atoms with Crippen molar-refractivity contribution in [3.05, 3.63) is 47.2 Å². The lowest BCUT2D eigenvalue weighted by molar-refractivity contribution is -0.141. The van der Waals surface area contributed by atoms with Crippen LogP contribution in [-0.2, 0) is 23.9 Å². The summed E-state index contributed by atoms with van der Waals surface area (Å²) in [6.45, 7) is 7.95. The zero-order valence-electron chi connectivity index (χ0n) is 18.3. The van der Waals surface area contributed by atoms with E-state index >= 15 is 0 Å². The van der Waals surface area contributed by atoms with Crippen molar-refractivity contribution in [1.82, 2.24) is 15.1 Å². The van der Waals surface area contributed by atoms with Crippen LogP contribution in [0.1, 0.15) is 31.7 Å². The third-order valence-electron chi connectivity index (χ3n) is 5.68. The molecule has 168 valence electrons. The summed E-state index contributed by atoms with van der Waals surface area (Å²) in [6, 6.07) is 9.46. The number of nitrogens with zero attached hydrogens (tertiary/aromatic N) is 2. The normalized spacial score (nSPS) is 20.0. The SMILES string of the molecule is CCOC(=O)C1=C(C)N(CC(=O)NCCN2CCOCC2)C(=O)CC1c1ccccc1. The zero-order valence-corrected chi connectivity index (χ0v) is 18.3. The van der Waals surface area contributed by atoms with E-state index in [1.54, 1.807) is 13.8 Å². The lowest BCUT2D eigenvalue weighted by Gasteiger charge is -2.34. The number of amides is 2. The molecule has 0 saturated carbocycles. The number of esters is 1. The molecule has 0 bridgehead atoms. The van der Waals surface area contributed by atoms with Gasteiger partial charge in [0.2, 0.25) is 11.8 Å². The summed E-state index contributed by atoms with van der Waals surface area (Å²) in [5.74, 6) is -1.25. The molecule has 0 spiro atoms. The molecule has 1 atom stereocenters. The number of hydrogen-bond donors (Lipinski definition) is 1. The van der Waals surface area contributed by atoms with Crippen LogP contribution in [0, 0.1) is 0 Å². The molecule has 0 radical (unpaired) electrons. The summed E-state index contributed by atoms with van der Waals surface area (Å²) in [5, 5.41) is 2.88. The molecule has 1 saturated heterocycles. The molecule has 3 rings (SSSR count). The van der Waals surface area contributed by atoms with Crippen molar-refractivity contribution < 1.29 is 23.9 Å². The number of nitrogens with one attached hydrogen (secondary N) is 1. The molecule has 2 aliphatic heterocycles. The molecule has 1 aromatic rings. The highest BCUT2D eigenvalue weighted by molar-refractivity contribution is 5.97. The van der Waals surface area contributed by atoms with Gasteiger partial charge in [0.05, 0.1) is 25.4 Å². The van der Waals surface area contributed by atoms with Gasteiger partial charge >= 0.3 is 5.97 Å². The maximum absolute atomic E-state index is 12.9. The van der Waals surface area contributed by atoms with E-state index in [2.05, 4.69) is 10.2 Å². The lowest BCUT2D eigenvalue weighted by Crippen LogP contribution is -2.46. The third kappa shape index (κ3) is 5.92. The molecule has 1 unspecified atom stereocenters. The molecule has 8 nitrogen and oxygen atoms in total. The second-order valence-electron chi connectivity index (χ2n) is 7.67. The number of hydrogen-bond acceptors (Lipinski definition) is 6. The second kappa shape index (κ2) is 11.1. The lowest BCUT2D eigenvalue weighted by atomic mass is 9.83. The van der Waals surface area contributed by atoms with Gasteiger partial charge in [-0.05, 0) is 19.4 Å². The Labute approximate surface area is 183 Å². The minimum Gasteiger partial charge on any atom is -0.463 e. The first kappa shape index (κ1) is 23.0. The van der Waals surface area contributed by atoms with Crippen LogP contribution >= 0.6 is 0 Å². The monoisotopic (exact) mass is 429 g/mol. The highest BCUT2D eigenvalue weighted by atomic mass is 16.5. The van der Waals surface area contributed by atoms with E-state index < -0.39 is 5.97 Å². The Morgan fingerprint density at radius 2 is 1.90 bits per heavy atom. The Morgan fingerprint density at radius 3 is 2.58 bits per heavy atom. The van der Waals surface area contributed by atoms with Crippen LogP contribution in [-0.4, -0.2) is 80.1 Å². The van der Waals surface area contributed by atoms with Gasteiger partial charge in [-0.15, -0.1) is 0 Å². The van der Waals surface area contributed by atoms with Gasteiger partial charge in [-0.25, -0.2) is 4.79 Å². The molecule has 0 aliphatic carbocycles. The first-order valence-corrected chi connectivity index (χ1v) is 10.8. The fraction of sp³-hybridized carbons (Fsp3) is 0.522. The van der Waals surface area contributed by atoms with Gasteiger partial charge in [0.15, 0.2) is 0 Å². The number of rotatable bonds is 8. The Balaban J connectivity index is 1.70. The smallest absolute Gasteiger partial charge is 0.336 e. The summed E-state index contributed by atoms with van der Waals surface area (Å²) < 4.78 is 10.6. The van der Waals surface area contributed by atoms with Gasteiger partial charge < -0.3 is 19.7 Å². The largest absolute Gasteiger partial charge is 0.463 e. The number of ether oxygens (including phenoxy) is 2. The Kier molecular flexibility index (Phi) is 8.20. The molecule has 0 aromatic heterocycles. The number of carbonyl (C=O) groups is 3. The van der Waals surface area contributed by atoms with E-state index in [4.69, 9.17) is 9.47 Å². The van der Waals surface area contributed by atoms with Crippen LogP contribution < -0.4 is 5.32 Å². The number of benzene rings is 1. The maximum atomic E-state index is 12.9. The minimum absolute atomic E-state index is 0.113. The fourth-order valence-electron chi connectivity index (χ4n) is 4.02. The third-order valence-corrected chi connectivity index (χ3v) is 5.68. The van der Waals surface area contributed by atoms with E-state index in [0.717, 1.165) is 25.2 Å². The predicted octanol–water partition coefficient (Wildman–Crippen LogP) is 1.29. The van der Waals surface area contributed by atoms with Crippen LogP contribution in [0.2, 0.25) is 0 Å². The molecule has 2 heterocycles. The van der Waals surface area contributed by atoms with Crippen molar-refractivity contribution in [3.8, 4) is 0 Å². The summed E-state index contributed by atoms with van der Waals surface area (Å²) in [6.07, 6.45) is 0.122.